The molecule has 1 atom stereocenters. The van der Waals surface area contributed by atoms with Crippen LogP contribution in [0.5, 0.6) is 0 Å². The van der Waals surface area contributed by atoms with Crippen molar-refractivity contribution < 1.29 is 9.90 Å². The number of carbonyl (C=O) groups is 1. The van der Waals surface area contributed by atoms with Crippen molar-refractivity contribution in [1.29, 1.82) is 0 Å². The smallest absolute Gasteiger partial charge is 0.254 e. The fourth-order valence-corrected chi connectivity index (χ4v) is 1.86. The number of nitrogens with one attached hydrogen (secondary N) is 1. The van der Waals surface area contributed by atoms with E-state index < -0.39 is 5.54 Å². The molecule has 0 saturated carbocycles. The van der Waals surface area contributed by atoms with Crippen LogP contribution in [0.25, 0.3) is 0 Å². The van der Waals surface area contributed by atoms with Gasteiger partial charge in [-0.05, 0) is 25.5 Å². The first-order valence-corrected chi connectivity index (χ1v) is 6.06. The Bertz CT molecular complexity index is 397. The zero-order valence-corrected chi connectivity index (χ0v) is 11.3. The Morgan fingerprint density at radius 2 is 1.94 bits per heavy atom. The maximum atomic E-state index is 12.0. The van der Waals surface area contributed by atoms with Crippen molar-refractivity contribution >= 4 is 29.1 Å². The lowest BCUT2D eigenvalue weighted by Crippen LogP contribution is -2.48. The van der Waals surface area contributed by atoms with E-state index in [4.69, 9.17) is 23.2 Å². The van der Waals surface area contributed by atoms with Gasteiger partial charge in [0.05, 0.1) is 27.8 Å². The molecule has 1 amide bonds. The highest BCUT2D eigenvalue weighted by Gasteiger charge is 2.25. The van der Waals surface area contributed by atoms with Gasteiger partial charge in [0.2, 0.25) is 0 Å². The number of aliphatic hydroxyl groups is 1. The van der Waals surface area contributed by atoms with Crippen molar-refractivity contribution in [3.8, 4) is 0 Å². The molecule has 3 nitrogen and oxygen atoms in total. The standard InChI is InChI=1S/C12H15Cl2NO2/c1-3-12(2,7-16)15-11(17)10-8(13)5-4-6-9(10)14/h4-6,16H,3,7H2,1-2H3,(H,15,17). The van der Waals surface area contributed by atoms with E-state index in [1.165, 1.54) is 0 Å². The average molecular weight is 276 g/mol. The first-order valence-electron chi connectivity index (χ1n) is 5.31. The number of amides is 1. The molecule has 0 aromatic heterocycles. The van der Waals surface area contributed by atoms with Gasteiger partial charge < -0.3 is 10.4 Å². The Labute approximate surface area is 111 Å². The van der Waals surface area contributed by atoms with Gasteiger partial charge >= 0.3 is 0 Å². The van der Waals surface area contributed by atoms with Crippen molar-refractivity contribution in [1.82, 2.24) is 5.32 Å². The van der Waals surface area contributed by atoms with Gasteiger partial charge in [-0.15, -0.1) is 0 Å². The van der Waals surface area contributed by atoms with E-state index in [2.05, 4.69) is 5.32 Å². The van der Waals surface area contributed by atoms with Crippen molar-refractivity contribution in [3.63, 3.8) is 0 Å². The third-order valence-corrected chi connectivity index (χ3v) is 3.36. The van der Waals surface area contributed by atoms with E-state index in [1.54, 1.807) is 25.1 Å². The summed E-state index contributed by atoms with van der Waals surface area (Å²) in [5.74, 6) is -0.376. The predicted molar refractivity (Wildman–Crippen MR) is 69.7 cm³/mol. The maximum absolute atomic E-state index is 12.0. The van der Waals surface area contributed by atoms with Crippen molar-refractivity contribution in [2.24, 2.45) is 0 Å². The van der Waals surface area contributed by atoms with Crippen LogP contribution in [0, 0.1) is 0 Å². The first kappa shape index (κ1) is 14.3. The maximum Gasteiger partial charge on any atom is 0.254 e. The molecular formula is C12H15Cl2NO2. The number of benzene rings is 1. The van der Waals surface area contributed by atoms with E-state index in [-0.39, 0.29) is 18.1 Å². The zero-order valence-electron chi connectivity index (χ0n) is 9.76. The summed E-state index contributed by atoms with van der Waals surface area (Å²) in [4.78, 5) is 12.0. The minimum atomic E-state index is -0.667. The molecule has 94 valence electrons. The number of carbonyl (C=O) groups excluding carboxylic acids is 1. The fraction of sp³-hybridized carbons (Fsp3) is 0.417. The normalized spacial score (nSPS) is 14.2. The first-order chi connectivity index (χ1) is 7.93. The number of aliphatic hydroxyl groups excluding tert-OH is 1. The van der Waals surface area contributed by atoms with Crippen LogP contribution in [0.2, 0.25) is 10.0 Å². The highest BCUT2D eigenvalue weighted by molar-refractivity contribution is 6.39. The molecule has 0 saturated heterocycles. The quantitative estimate of drug-likeness (QED) is 0.888. The Hall–Kier alpha value is -0.770. The summed E-state index contributed by atoms with van der Waals surface area (Å²) < 4.78 is 0. The lowest BCUT2D eigenvalue weighted by atomic mass is 9.99. The second-order valence-corrected chi connectivity index (χ2v) is 4.94. The highest BCUT2D eigenvalue weighted by atomic mass is 35.5. The molecule has 0 aliphatic carbocycles. The van der Waals surface area contributed by atoms with Crippen molar-refractivity contribution in [3.05, 3.63) is 33.8 Å². The fourth-order valence-electron chi connectivity index (χ4n) is 1.29. The zero-order chi connectivity index (χ0) is 13.1. The van der Waals surface area contributed by atoms with Crippen LogP contribution in [0.1, 0.15) is 30.6 Å². The van der Waals surface area contributed by atoms with Gasteiger partial charge in [-0.3, -0.25) is 4.79 Å². The second-order valence-electron chi connectivity index (χ2n) is 4.12. The molecule has 1 aromatic rings. The molecule has 0 aliphatic heterocycles. The molecule has 17 heavy (non-hydrogen) atoms. The number of hydrogen-bond donors (Lipinski definition) is 2. The van der Waals surface area contributed by atoms with Gasteiger partial charge in [0, 0.05) is 0 Å². The summed E-state index contributed by atoms with van der Waals surface area (Å²) >= 11 is 11.9. The summed E-state index contributed by atoms with van der Waals surface area (Å²) in [5.41, 5.74) is -0.427. The van der Waals surface area contributed by atoms with E-state index in [0.717, 1.165) is 0 Å². The van der Waals surface area contributed by atoms with E-state index in [1.807, 2.05) is 6.92 Å². The van der Waals surface area contributed by atoms with Crippen molar-refractivity contribution in [2.75, 3.05) is 6.61 Å². The largest absolute Gasteiger partial charge is 0.394 e. The van der Waals surface area contributed by atoms with Crippen molar-refractivity contribution in [2.45, 2.75) is 25.8 Å². The number of hydrogen-bond acceptors (Lipinski definition) is 2. The second kappa shape index (κ2) is 5.71. The molecule has 0 spiro atoms. The summed E-state index contributed by atoms with van der Waals surface area (Å²) in [6.45, 7) is 3.50. The molecule has 1 unspecified atom stereocenters. The van der Waals surface area contributed by atoms with E-state index >= 15 is 0 Å². The molecule has 1 aromatic carbocycles. The minimum absolute atomic E-state index is 0.142. The molecule has 2 N–H and O–H groups in total. The molecule has 1 rings (SSSR count). The Kier molecular flexibility index (Phi) is 4.80. The van der Waals surface area contributed by atoms with Gasteiger partial charge in [0.15, 0.2) is 0 Å². The third-order valence-electron chi connectivity index (χ3n) is 2.73. The van der Waals surface area contributed by atoms with Gasteiger partial charge in [-0.1, -0.05) is 36.2 Å². The van der Waals surface area contributed by atoms with Crippen LogP contribution < -0.4 is 5.32 Å². The summed E-state index contributed by atoms with van der Waals surface area (Å²) in [7, 11) is 0. The van der Waals surface area contributed by atoms with Gasteiger partial charge in [0.25, 0.3) is 5.91 Å². The number of rotatable bonds is 4. The SMILES string of the molecule is CCC(C)(CO)NC(=O)c1c(Cl)cccc1Cl. The Morgan fingerprint density at radius 3 is 2.35 bits per heavy atom. The van der Waals surface area contributed by atoms with Crippen LogP contribution >= 0.6 is 23.2 Å². The summed E-state index contributed by atoms with van der Waals surface area (Å²) in [6, 6.07) is 4.88. The highest BCUT2D eigenvalue weighted by Crippen LogP contribution is 2.24. The molecule has 0 fully saturated rings. The van der Waals surface area contributed by atoms with Gasteiger partial charge in [-0.25, -0.2) is 0 Å². The lowest BCUT2D eigenvalue weighted by molar-refractivity contribution is 0.0847. The van der Waals surface area contributed by atoms with Crippen LogP contribution in [0.15, 0.2) is 18.2 Å². The lowest BCUT2D eigenvalue weighted by Gasteiger charge is -2.27. The summed E-state index contributed by atoms with van der Waals surface area (Å²) in [5, 5.41) is 12.6. The van der Waals surface area contributed by atoms with E-state index in [0.29, 0.717) is 16.5 Å². The van der Waals surface area contributed by atoms with Gasteiger partial charge in [0.1, 0.15) is 0 Å². The minimum Gasteiger partial charge on any atom is -0.394 e. The Balaban J connectivity index is 2.98. The topological polar surface area (TPSA) is 49.3 Å². The molecular weight excluding hydrogens is 261 g/mol. The monoisotopic (exact) mass is 275 g/mol. The molecule has 0 aliphatic rings. The van der Waals surface area contributed by atoms with Crippen LogP contribution in [-0.4, -0.2) is 23.2 Å². The molecule has 0 radical (unpaired) electrons. The number of halogens is 2. The molecule has 0 bridgehead atoms. The predicted octanol–water partition coefficient (Wildman–Crippen LogP) is 2.88. The summed E-state index contributed by atoms with van der Waals surface area (Å²) in [6.07, 6.45) is 0.608. The van der Waals surface area contributed by atoms with Gasteiger partial charge in [-0.2, -0.15) is 0 Å². The molecule has 5 heteroatoms. The van der Waals surface area contributed by atoms with Crippen LogP contribution in [-0.2, 0) is 0 Å². The van der Waals surface area contributed by atoms with Crippen LogP contribution in [0.4, 0.5) is 0 Å². The average Bonchev–Trinajstić information content (AvgIpc) is 2.28. The van der Waals surface area contributed by atoms with E-state index in [9.17, 15) is 9.90 Å². The molecule has 0 heterocycles. The Morgan fingerprint density at radius 1 is 1.41 bits per heavy atom. The third kappa shape index (κ3) is 3.35. The van der Waals surface area contributed by atoms with Crippen LogP contribution in [0.3, 0.4) is 0 Å².